The molecule has 0 N–H and O–H groups in total. The third-order valence-electron chi connectivity index (χ3n) is 3.56. The van der Waals surface area contributed by atoms with Crippen LogP contribution >= 0.6 is 0 Å². The van der Waals surface area contributed by atoms with E-state index >= 15 is 0 Å². The molecule has 1 aromatic carbocycles. The molecule has 2 rings (SSSR count). The Labute approximate surface area is 140 Å². The molecule has 0 aliphatic carbocycles. The van der Waals surface area contributed by atoms with Crippen LogP contribution in [0.5, 0.6) is 5.75 Å². The Balaban J connectivity index is 1.80. The molecule has 1 aliphatic heterocycles. The van der Waals surface area contributed by atoms with E-state index in [0.717, 1.165) is 19.6 Å². The van der Waals surface area contributed by atoms with Gasteiger partial charge in [-0.2, -0.15) is 8.78 Å². The summed E-state index contributed by atoms with van der Waals surface area (Å²) in [6.45, 7) is 4.81. The summed E-state index contributed by atoms with van der Waals surface area (Å²) < 4.78 is 39.3. The second-order valence-corrected chi connectivity index (χ2v) is 6.15. The Kier molecular flexibility index (Phi) is 6.93. The maximum Gasteiger partial charge on any atom is 0.387 e. The summed E-state index contributed by atoms with van der Waals surface area (Å²) in [5.41, 5.74) is 0.284. The Bertz CT molecular complexity index is 522. The van der Waals surface area contributed by atoms with Gasteiger partial charge >= 0.3 is 12.6 Å². The molecule has 0 amide bonds. The zero-order valence-electron chi connectivity index (χ0n) is 13.9. The van der Waals surface area contributed by atoms with Gasteiger partial charge < -0.3 is 14.2 Å². The minimum atomic E-state index is -2.89. The van der Waals surface area contributed by atoms with E-state index in [0.29, 0.717) is 12.5 Å². The van der Waals surface area contributed by atoms with Gasteiger partial charge in [0.1, 0.15) is 18.5 Å². The molecule has 1 heterocycles. The molecule has 1 aliphatic rings. The molecule has 0 saturated carbocycles. The van der Waals surface area contributed by atoms with Gasteiger partial charge in [0.25, 0.3) is 0 Å². The number of morpholine rings is 1. The normalized spacial score (nSPS) is 18.8. The predicted molar refractivity (Wildman–Crippen MR) is 84.4 cm³/mol. The molecule has 1 atom stereocenters. The Morgan fingerprint density at radius 3 is 2.67 bits per heavy atom. The molecular weight excluding hydrogens is 320 g/mol. The second kappa shape index (κ2) is 8.94. The number of alkyl halides is 2. The molecule has 0 aromatic heterocycles. The van der Waals surface area contributed by atoms with Crippen molar-refractivity contribution in [2.45, 2.75) is 26.6 Å². The number of esters is 1. The van der Waals surface area contributed by atoms with Crippen molar-refractivity contribution in [3.63, 3.8) is 0 Å². The van der Waals surface area contributed by atoms with Gasteiger partial charge in [-0.15, -0.1) is 0 Å². The highest BCUT2D eigenvalue weighted by Crippen LogP contribution is 2.16. The Hall–Kier alpha value is -1.73. The molecule has 5 nitrogen and oxygen atoms in total. The van der Waals surface area contributed by atoms with Crippen molar-refractivity contribution in [3.05, 3.63) is 29.8 Å². The summed E-state index contributed by atoms with van der Waals surface area (Å²) in [6.07, 6.45) is -0.150. The van der Waals surface area contributed by atoms with E-state index < -0.39 is 12.6 Å². The Morgan fingerprint density at radius 1 is 1.33 bits per heavy atom. The van der Waals surface area contributed by atoms with E-state index in [1.807, 2.05) is 0 Å². The highest BCUT2D eigenvalue weighted by molar-refractivity contribution is 5.89. The van der Waals surface area contributed by atoms with Gasteiger partial charge in [0.05, 0.1) is 12.2 Å². The molecule has 1 saturated heterocycles. The van der Waals surface area contributed by atoms with Crippen molar-refractivity contribution in [2.24, 2.45) is 5.92 Å². The summed E-state index contributed by atoms with van der Waals surface area (Å²) in [4.78, 5) is 14.3. The molecule has 0 spiro atoms. The molecule has 0 bridgehead atoms. The van der Waals surface area contributed by atoms with Crippen molar-refractivity contribution in [1.82, 2.24) is 4.90 Å². The summed E-state index contributed by atoms with van der Waals surface area (Å²) >= 11 is 0. The number of ether oxygens (including phenoxy) is 3. The lowest BCUT2D eigenvalue weighted by Gasteiger charge is -2.33. The van der Waals surface area contributed by atoms with Crippen molar-refractivity contribution in [2.75, 3.05) is 32.8 Å². The lowest BCUT2D eigenvalue weighted by molar-refractivity contribution is -0.0612. The summed E-state index contributed by atoms with van der Waals surface area (Å²) in [6, 6.07) is 5.41. The van der Waals surface area contributed by atoms with E-state index in [1.165, 1.54) is 24.3 Å². The van der Waals surface area contributed by atoms with Crippen molar-refractivity contribution in [1.29, 1.82) is 0 Å². The van der Waals surface area contributed by atoms with Crippen LogP contribution in [0.25, 0.3) is 0 Å². The van der Waals surface area contributed by atoms with Crippen LogP contribution in [0.3, 0.4) is 0 Å². The van der Waals surface area contributed by atoms with Crippen LogP contribution in [0, 0.1) is 5.92 Å². The predicted octanol–water partition coefficient (Wildman–Crippen LogP) is 2.80. The number of halogens is 2. The number of carbonyl (C=O) groups is 1. The second-order valence-electron chi connectivity index (χ2n) is 6.15. The number of hydrogen-bond acceptors (Lipinski definition) is 5. The van der Waals surface area contributed by atoms with Crippen LogP contribution in [-0.4, -0.2) is 56.4 Å². The van der Waals surface area contributed by atoms with Crippen molar-refractivity contribution >= 4 is 5.97 Å². The first kappa shape index (κ1) is 18.6. The van der Waals surface area contributed by atoms with E-state index in [-0.39, 0.29) is 24.0 Å². The lowest BCUT2D eigenvalue weighted by Crippen LogP contribution is -2.45. The zero-order valence-corrected chi connectivity index (χ0v) is 13.9. The first-order chi connectivity index (χ1) is 11.4. The largest absolute Gasteiger partial charge is 0.459 e. The van der Waals surface area contributed by atoms with Crippen LogP contribution in [0.2, 0.25) is 0 Å². The molecule has 7 heteroatoms. The zero-order chi connectivity index (χ0) is 17.5. The molecular formula is C17H23F2NO4. The van der Waals surface area contributed by atoms with Gasteiger partial charge in [-0.25, -0.2) is 4.79 Å². The van der Waals surface area contributed by atoms with Gasteiger partial charge in [-0.05, 0) is 30.2 Å². The molecule has 0 radical (unpaired) electrons. The van der Waals surface area contributed by atoms with Gasteiger partial charge in [-0.1, -0.05) is 13.8 Å². The first-order valence-electron chi connectivity index (χ1n) is 8.00. The van der Waals surface area contributed by atoms with Crippen LogP contribution in [0.4, 0.5) is 8.78 Å². The van der Waals surface area contributed by atoms with E-state index in [4.69, 9.17) is 9.47 Å². The van der Waals surface area contributed by atoms with E-state index in [1.54, 1.807) is 0 Å². The number of benzene rings is 1. The van der Waals surface area contributed by atoms with E-state index in [2.05, 4.69) is 23.5 Å². The fourth-order valence-corrected chi connectivity index (χ4v) is 2.59. The smallest absolute Gasteiger partial charge is 0.387 e. The molecule has 24 heavy (non-hydrogen) atoms. The Morgan fingerprint density at radius 2 is 2.04 bits per heavy atom. The molecule has 1 aromatic rings. The number of carbonyl (C=O) groups excluding carboxylic acids is 1. The monoisotopic (exact) mass is 343 g/mol. The van der Waals surface area contributed by atoms with Gasteiger partial charge in [-0.3, -0.25) is 4.90 Å². The standard InChI is InChI=1S/C17H23F2NO4/c1-12(2)9-20-7-8-22-15(10-20)11-23-16(21)13-3-5-14(6-4-13)24-17(18)19/h3-6,12,15,17H,7-11H2,1-2H3. The lowest BCUT2D eigenvalue weighted by atomic mass is 10.2. The van der Waals surface area contributed by atoms with Crippen LogP contribution in [0.15, 0.2) is 24.3 Å². The van der Waals surface area contributed by atoms with Crippen molar-refractivity contribution in [3.8, 4) is 5.75 Å². The topological polar surface area (TPSA) is 48.0 Å². The average Bonchev–Trinajstić information content (AvgIpc) is 2.52. The maximum atomic E-state index is 12.1. The fourth-order valence-electron chi connectivity index (χ4n) is 2.59. The first-order valence-corrected chi connectivity index (χ1v) is 8.00. The number of hydrogen-bond donors (Lipinski definition) is 0. The van der Waals surface area contributed by atoms with Crippen LogP contribution in [0.1, 0.15) is 24.2 Å². The third kappa shape index (κ3) is 6.05. The molecule has 1 fully saturated rings. The van der Waals surface area contributed by atoms with Gasteiger partial charge in [0, 0.05) is 19.6 Å². The van der Waals surface area contributed by atoms with Crippen LogP contribution in [-0.2, 0) is 9.47 Å². The average molecular weight is 343 g/mol. The summed E-state index contributed by atoms with van der Waals surface area (Å²) in [5, 5.41) is 0. The van der Waals surface area contributed by atoms with E-state index in [9.17, 15) is 13.6 Å². The highest BCUT2D eigenvalue weighted by Gasteiger charge is 2.22. The SMILES string of the molecule is CC(C)CN1CCOC(COC(=O)c2ccc(OC(F)F)cc2)C1. The maximum absolute atomic E-state index is 12.1. The van der Waals surface area contributed by atoms with Crippen LogP contribution < -0.4 is 4.74 Å². The quantitative estimate of drug-likeness (QED) is 0.713. The summed E-state index contributed by atoms with van der Waals surface area (Å²) in [5.74, 6) is 0.0601. The highest BCUT2D eigenvalue weighted by atomic mass is 19.3. The summed E-state index contributed by atoms with van der Waals surface area (Å²) in [7, 11) is 0. The molecule has 134 valence electrons. The minimum absolute atomic E-state index is 0.00138. The van der Waals surface area contributed by atoms with Crippen molar-refractivity contribution < 1.29 is 27.8 Å². The number of rotatable bonds is 7. The van der Waals surface area contributed by atoms with Gasteiger partial charge in [0.2, 0.25) is 0 Å². The fraction of sp³-hybridized carbons (Fsp3) is 0.588. The molecule has 1 unspecified atom stereocenters. The number of nitrogens with zero attached hydrogens (tertiary/aromatic N) is 1. The minimum Gasteiger partial charge on any atom is -0.459 e. The van der Waals surface area contributed by atoms with Gasteiger partial charge in [0.15, 0.2) is 0 Å². The third-order valence-corrected chi connectivity index (χ3v) is 3.56.